The van der Waals surface area contributed by atoms with Gasteiger partial charge in [0.05, 0.1) is 28.8 Å². The zero-order valence-corrected chi connectivity index (χ0v) is 20.3. The molecule has 4 rings (SSSR count). The molecule has 0 aliphatic carbocycles. The highest BCUT2D eigenvalue weighted by Gasteiger charge is 2.26. The van der Waals surface area contributed by atoms with Crippen molar-refractivity contribution in [3.8, 4) is 11.5 Å². The largest absolute Gasteiger partial charge is 0.486 e. The highest BCUT2D eigenvalue weighted by molar-refractivity contribution is 7.92. The van der Waals surface area contributed by atoms with Gasteiger partial charge in [0, 0.05) is 19.2 Å². The first-order valence-electron chi connectivity index (χ1n) is 11.6. The number of hydrogen-bond acceptors (Lipinski definition) is 7. The smallest absolute Gasteiger partial charge is 0.253 e. The van der Waals surface area contributed by atoms with Gasteiger partial charge >= 0.3 is 0 Å². The molecule has 0 radical (unpaired) electrons. The summed E-state index contributed by atoms with van der Waals surface area (Å²) in [6.45, 7) is 2.87. The number of sulfonamides is 1. The Kier molecular flexibility index (Phi) is 7.76. The van der Waals surface area contributed by atoms with E-state index in [-0.39, 0.29) is 29.0 Å². The Morgan fingerprint density at radius 2 is 1.83 bits per heavy atom. The molecule has 1 atom stereocenters. The Balaban J connectivity index is 1.49. The number of hydrogen-bond donors (Lipinski definition) is 2. The summed E-state index contributed by atoms with van der Waals surface area (Å²) in [7, 11) is -3.79. The van der Waals surface area contributed by atoms with E-state index in [1.165, 1.54) is 6.92 Å². The summed E-state index contributed by atoms with van der Waals surface area (Å²) >= 11 is 0. The molecule has 35 heavy (non-hydrogen) atoms. The predicted octanol–water partition coefficient (Wildman–Crippen LogP) is 2.16. The quantitative estimate of drug-likeness (QED) is 0.538. The number of rotatable bonds is 9. The van der Waals surface area contributed by atoms with Crippen LogP contribution < -0.4 is 24.4 Å². The summed E-state index contributed by atoms with van der Waals surface area (Å²) in [5.41, 5.74) is 0.857. The molecule has 1 saturated heterocycles. The van der Waals surface area contributed by atoms with Crippen LogP contribution in [0.1, 0.15) is 30.1 Å². The van der Waals surface area contributed by atoms with E-state index in [0.717, 1.165) is 17.1 Å². The number of nitrogens with zero attached hydrogens (tertiary/aromatic N) is 1. The van der Waals surface area contributed by atoms with Crippen molar-refractivity contribution in [3.63, 3.8) is 0 Å². The van der Waals surface area contributed by atoms with E-state index in [4.69, 9.17) is 14.2 Å². The van der Waals surface area contributed by atoms with Gasteiger partial charge in [-0.15, -0.1) is 0 Å². The molecule has 188 valence electrons. The van der Waals surface area contributed by atoms with Gasteiger partial charge in [-0.05, 0) is 44.0 Å². The number of carbonyl (C=O) groups excluding carboxylic acids is 2. The third kappa shape index (κ3) is 6.04. The maximum atomic E-state index is 13.0. The number of carbonyl (C=O) groups is 2. The zero-order valence-electron chi connectivity index (χ0n) is 19.5. The van der Waals surface area contributed by atoms with Crippen molar-refractivity contribution in [1.29, 1.82) is 0 Å². The highest BCUT2D eigenvalue weighted by atomic mass is 32.2. The van der Waals surface area contributed by atoms with Gasteiger partial charge in [0.1, 0.15) is 19.8 Å². The molecular formula is C24H29N3O7S. The second kappa shape index (κ2) is 11.0. The normalized spacial score (nSPS) is 17.0. The Hall–Kier alpha value is -3.31. The molecular weight excluding hydrogens is 474 g/mol. The predicted molar refractivity (Wildman–Crippen MR) is 131 cm³/mol. The molecule has 10 nitrogen and oxygen atoms in total. The molecule has 2 amide bonds. The molecule has 2 N–H and O–H groups in total. The van der Waals surface area contributed by atoms with Crippen molar-refractivity contribution in [2.24, 2.45) is 0 Å². The maximum Gasteiger partial charge on any atom is 0.253 e. The number of nitrogens with one attached hydrogen (secondary N) is 2. The number of amides is 2. The van der Waals surface area contributed by atoms with E-state index in [0.29, 0.717) is 43.6 Å². The van der Waals surface area contributed by atoms with E-state index < -0.39 is 22.5 Å². The van der Waals surface area contributed by atoms with Crippen LogP contribution >= 0.6 is 0 Å². The van der Waals surface area contributed by atoms with Gasteiger partial charge in [-0.3, -0.25) is 13.9 Å². The molecule has 0 aromatic heterocycles. The molecule has 0 bridgehead atoms. The van der Waals surface area contributed by atoms with Gasteiger partial charge < -0.3 is 24.8 Å². The van der Waals surface area contributed by atoms with Crippen molar-refractivity contribution < 1.29 is 32.2 Å². The molecule has 2 aromatic carbocycles. The van der Waals surface area contributed by atoms with Crippen molar-refractivity contribution >= 4 is 33.2 Å². The van der Waals surface area contributed by atoms with Crippen LogP contribution in [0.25, 0.3) is 0 Å². The van der Waals surface area contributed by atoms with Crippen molar-refractivity contribution in [2.45, 2.75) is 25.9 Å². The van der Waals surface area contributed by atoms with Crippen LogP contribution in [-0.2, 0) is 19.6 Å². The van der Waals surface area contributed by atoms with E-state index in [2.05, 4.69) is 10.6 Å². The minimum Gasteiger partial charge on any atom is -0.486 e. The lowest BCUT2D eigenvalue weighted by Gasteiger charge is -2.26. The molecule has 2 aliphatic rings. The van der Waals surface area contributed by atoms with Crippen LogP contribution in [0.15, 0.2) is 42.5 Å². The minimum absolute atomic E-state index is 0.0143. The van der Waals surface area contributed by atoms with Crippen molar-refractivity contribution in [1.82, 2.24) is 5.32 Å². The van der Waals surface area contributed by atoms with Crippen molar-refractivity contribution in [2.75, 3.05) is 48.3 Å². The highest BCUT2D eigenvalue weighted by Crippen LogP contribution is 2.35. The Morgan fingerprint density at radius 3 is 2.57 bits per heavy atom. The molecule has 0 spiro atoms. The fraction of sp³-hybridized carbons (Fsp3) is 0.417. The monoisotopic (exact) mass is 503 g/mol. The lowest BCUT2D eigenvalue weighted by Crippen LogP contribution is -2.39. The summed E-state index contributed by atoms with van der Waals surface area (Å²) in [5, 5.41) is 5.52. The minimum atomic E-state index is -3.79. The first-order valence-corrected chi connectivity index (χ1v) is 13.2. The molecule has 2 aliphatic heterocycles. The van der Waals surface area contributed by atoms with Gasteiger partial charge in [-0.25, -0.2) is 8.42 Å². The van der Waals surface area contributed by atoms with Crippen LogP contribution in [0.2, 0.25) is 0 Å². The fourth-order valence-corrected chi connectivity index (χ4v) is 4.97. The molecule has 11 heteroatoms. The first kappa shape index (κ1) is 24.8. The standard InChI is InChI=1S/C24H29N3O7S/c1-2-35(30,31)27(17-9-10-21-22(14-17)34-13-12-33-21)16-23(28)26-20-8-4-3-7-19(20)24(29)25-15-18-6-5-11-32-18/h3-4,7-10,14,18H,2,5-6,11-13,15-16H2,1H3,(H,25,29)(H,26,28)/t18-/m0/s1. The summed E-state index contributed by atoms with van der Waals surface area (Å²) < 4.78 is 43.3. The SMILES string of the molecule is CCS(=O)(=O)N(CC(=O)Nc1ccccc1C(=O)NC[C@@H]1CCCO1)c1ccc2c(c1)OCCO2. The fourth-order valence-electron chi connectivity index (χ4n) is 3.91. The zero-order chi connectivity index (χ0) is 24.8. The molecule has 0 unspecified atom stereocenters. The summed E-state index contributed by atoms with van der Waals surface area (Å²) in [6, 6.07) is 11.3. The third-order valence-corrected chi connectivity index (χ3v) is 7.50. The van der Waals surface area contributed by atoms with E-state index >= 15 is 0 Å². The Labute approximate surface area is 204 Å². The van der Waals surface area contributed by atoms with E-state index in [1.54, 1.807) is 42.5 Å². The second-order valence-corrected chi connectivity index (χ2v) is 10.4. The number of para-hydroxylation sites is 1. The molecule has 1 fully saturated rings. The third-order valence-electron chi connectivity index (χ3n) is 5.76. The lowest BCUT2D eigenvalue weighted by atomic mass is 10.1. The topological polar surface area (TPSA) is 123 Å². The van der Waals surface area contributed by atoms with E-state index in [1.807, 2.05) is 0 Å². The maximum absolute atomic E-state index is 13.0. The van der Waals surface area contributed by atoms with Crippen LogP contribution in [0.4, 0.5) is 11.4 Å². The van der Waals surface area contributed by atoms with E-state index in [9.17, 15) is 18.0 Å². The number of fused-ring (bicyclic) bond motifs is 1. The van der Waals surface area contributed by atoms with Crippen LogP contribution in [0, 0.1) is 0 Å². The first-order chi connectivity index (χ1) is 16.9. The molecule has 0 saturated carbocycles. The van der Waals surface area contributed by atoms with Crippen LogP contribution in [0.5, 0.6) is 11.5 Å². The van der Waals surface area contributed by atoms with Gasteiger partial charge in [0.2, 0.25) is 15.9 Å². The van der Waals surface area contributed by atoms with Gasteiger partial charge in [0.25, 0.3) is 5.91 Å². The molecule has 2 heterocycles. The number of benzene rings is 2. The van der Waals surface area contributed by atoms with Crippen LogP contribution in [0.3, 0.4) is 0 Å². The summed E-state index contributed by atoms with van der Waals surface area (Å²) in [5.74, 6) is -0.200. The molecule has 2 aromatic rings. The number of ether oxygens (including phenoxy) is 3. The Bertz CT molecular complexity index is 1180. The summed E-state index contributed by atoms with van der Waals surface area (Å²) in [6.07, 6.45) is 1.84. The summed E-state index contributed by atoms with van der Waals surface area (Å²) in [4.78, 5) is 25.7. The lowest BCUT2D eigenvalue weighted by molar-refractivity contribution is -0.114. The average molecular weight is 504 g/mol. The van der Waals surface area contributed by atoms with Crippen LogP contribution in [-0.4, -0.2) is 65.0 Å². The second-order valence-electron chi connectivity index (χ2n) is 8.17. The Morgan fingerprint density at radius 1 is 1.06 bits per heavy atom. The average Bonchev–Trinajstić information content (AvgIpc) is 3.39. The number of anilines is 2. The van der Waals surface area contributed by atoms with Gasteiger partial charge in [0.15, 0.2) is 11.5 Å². The van der Waals surface area contributed by atoms with Crippen molar-refractivity contribution in [3.05, 3.63) is 48.0 Å². The van der Waals surface area contributed by atoms with Gasteiger partial charge in [-0.1, -0.05) is 12.1 Å². The van der Waals surface area contributed by atoms with Gasteiger partial charge in [-0.2, -0.15) is 0 Å².